The summed E-state index contributed by atoms with van der Waals surface area (Å²) in [5.41, 5.74) is 0.370. The lowest BCUT2D eigenvalue weighted by atomic mass is 9.83. The molecule has 1 aliphatic carbocycles. The predicted octanol–water partition coefficient (Wildman–Crippen LogP) is 2.10. The van der Waals surface area contributed by atoms with Gasteiger partial charge in [-0.1, -0.05) is 6.07 Å². The van der Waals surface area contributed by atoms with Crippen LogP contribution in [0.3, 0.4) is 0 Å². The van der Waals surface area contributed by atoms with Crippen molar-refractivity contribution in [3.05, 3.63) is 22.7 Å². The van der Waals surface area contributed by atoms with Gasteiger partial charge >= 0.3 is 0 Å². The molecule has 0 aromatic heterocycles. The Balaban J connectivity index is 2.31. The van der Waals surface area contributed by atoms with E-state index in [4.69, 9.17) is 0 Å². The first kappa shape index (κ1) is 11.2. The molecule has 1 N–H and O–H groups in total. The quantitative estimate of drug-likeness (QED) is 0.797. The van der Waals surface area contributed by atoms with E-state index in [1.54, 1.807) is 18.2 Å². The van der Waals surface area contributed by atoms with E-state index in [1.807, 2.05) is 0 Å². The summed E-state index contributed by atoms with van der Waals surface area (Å²) in [7, 11) is -3.56. The van der Waals surface area contributed by atoms with Crippen molar-refractivity contribution >= 4 is 37.4 Å². The summed E-state index contributed by atoms with van der Waals surface area (Å²) in [6.45, 7) is 0. The Hall–Kier alpha value is -0.880. The first-order valence-electron chi connectivity index (χ1n) is 5.34. The summed E-state index contributed by atoms with van der Waals surface area (Å²) < 4.78 is 24.4. The maximum Gasteiger partial charge on any atom is 0.246 e. The second-order valence-electron chi connectivity index (χ2n) is 4.42. The smallest absolute Gasteiger partial charge is 0.246 e. The fourth-order valence-corrected chi connectivity index (χ4v) is 5.23. The van der Waals surface area contributed by atoms with Crippen molar-refractivity contribution in [2.75, 3.05) is 5.32 Å². The largest absolute Gasteiger partial charge is 0.323 e. The molecule has 90 valence electrons. The molecule has 0 atom stereocenters. The molecule has 1 spiro atoms. The molecule has 1 saturated carbocycles. The number of nitrogens with one attached hydrogen (secondary N) is 1. The molecular weight excluding hydrogens is 306 g/mol. The monoisotopic (exact) mass is 315 g/mol. The van der Waals surface area contributed by atoms with Gasteiger partial charge in [0.15, 0.2) is 14.6 Å². The van der Waals surface area contributed by atoms with E-state index in [0.717, 1.165) is 6.42 Å². The van der Waals surface area contributed by atoms with Gasteiger partial charge in [0.2, 0.25) is 5.91 Å². The first-order valence-corrected chi connectivity index (χ1v) is 7.61. The molecule has 1 aliphatic heterocycles. The van der Waals surface area contributed by atoms with E-state index in [0.29, 0.717) is 23.0 Å². The number of carbonyl (C=O) groups excluding carboxylic acids is 1. The minimum absolute atomic E-state index is 0.228. The van der Waals surface area contributed by atoms with Crippen LogP contribution in [0.2, 0.25) is 0 Å². The summed E-state index contributed by atoms with van der Waals surface area (Å²) in [5.74, 6) is -0.386. The second-order valence-corrected chi connectivity index (χ2v) is 7.50. The Bertz CT molecular complexity index is 620. The lowest BCUT2D eigenvalue weighted by Crippen LogP contribution is -2.57. The van der Waals surface area contributed by atoms with Gasteiger partial charge in [0.25, 0.3) is 0 Å². The number of hydrogen-bond donors (Lipinski definition) is 1. The zero-order chi connectivity index (χ0) is 12.3. The minimum atomic E-state index is -3.56. The molecule has 1 heterocycles. The molecule has 1 aromatic rings. The van der Waals surface area contributed by atoms with Crippen LogP contribution in [0, 0.1) is 0 Å². The van der Waals surface area contributed by atoms with E-state index in [-0.39, 0.29) is 10.8 Å². The number of anilines is 1. The van der Waals surface area contributed by atoms with E-state index in [9.17, 15) is 13.2 Å². The van der Waals surface area contributed by atoms with Gasteiger partial charge in [-0.25, -0.2) is 8.42 Å². The topological polar surface area (TPSA) is 63.2 Å². The van der Waals surface area contributed by atoms with E-state index >= 15 is 0 Å². The molecule has 2 aliphatic rings. The Kier molecular flexibility index (Phi) is 2.19. The van der Waals surface area contributed by atoms with Gasteiger partial charge in [-0.15, -0.1) is 0 Å². The summed E-state index contributed by atoms with van der Waals surface area (Å²) in [4.78, 5) is 12.2. The highest BCUT2D eigenvalue weighted by Gasteiger charge is 2.58. The molecule has 1 aromatic carbocycles. The van der Waals surface area contributed by atoms with Crippen molar-refractivity contribution in [3.63, 3.8) is 0 Å². The van der Waals surface area contributed by atoms with Gasteiger partial charge in [0.05, 0.1) is 10.6 Å². The van der Waals surface area contributed by atoms with Gasteiger partial charge < -0.3 is 5.32 Å². The highest BCUT2D eigenvalue weighted by molar-refractivity contribution is 9.10. The van der Waals surface area contributed by atoms with Crippen LogP contribution in [0.1, 0.15) is 19.3 Å². The molecule has 0 unspecified atom stereocenters. The van der Waals surface area contributed by atoms with Crippen molar-refractivity contribution in [1.82, 2.24) is 0 Å². The molecule has 0 radical (unpaired) electrons. The molecule has 3 rings (SSSR count). The van der Waals surface area contributed by atoms with Crippen LogP contribution in [0.15, 0.2) is 27.6 Å². The molecule has 0 bridgehead atoms. The van der Waals surface area contributed by atoms with E-state index in [2.05, 4.69) is 21.2 Å². The zero-order valence-electron chi connectivity index (χ0n) is 8.86. The SMILES string of the molecule is O=C1Nc2c(Br)cccc2S(=O)(=O)C12CCC2. The molecule has 0 saturated heterocycles. The Morgan fingerprint density at radius 1 is 1.29 bits per heavy atom. The first-order chi connectivity index (χ1) is 7.99. The standard InChI is InChI=1S/C11H10BrNO3S/c12-7-3-1-4-8-9(7)13-10(14)11(5-2-6-11)17(8,15)16/h1,3-4H,2,5-6H2,(H,13,14). The van der Waals surface area contributed by atoms with Gasteiger partial charge in [-0.3, -0.25) is 4.79 Å². The number of benzene rings is 1. The van der Waals surface area contributed by atoms with Crippen LogP contribution in [0.25, 0.3) is 0 Å². The average Bonchev–Trinajstić information content (AvgIpc) is 2.17. The number of hydrogen-bond acceptors (Lipinski definition) is 3. The number of sulfone groups is 1. The van der Waals surface area contributed by atoms with Crippen LogP contribution in [0.5, 0.6) is 0 Å². The van der Waals surface area contributed by atoms with Crippen molar-refractivity contribution < 1.29 is 13.2 Å². The van der Waals surface area contributed by atoms with Crippen LogP contribution in [-0.4, -0.2) is 19.1 Å². The summed E-state index contributed by atoms with van der Waals surface area (Å²) >= 11 is 3.26. The lowest BCUT2D eigenvalue weighted by Gasteiger charge is -2.42. The van der Waals surface area contributed by atoms with Crippen LogP contribution >= 0.6 is 15.9 Å². The van der Waals surface area contributed by atoms with Gasteiger partial charge in [0.1, 0.15) is 0 Å². The highest BCUT2D eigenvalue weighted by Crippen LogP contribution is 2.49. The van der Waals surface area contributed by atoms with Crippen molar-refractivity contribution in [1.29, 1.82) is 0 Å². The third-order valence-electron chi connectivity index (χ3n) is 3.59. The highest BCUT2D eigenvalue weighted by atomic mass is 79.9. The van der Waals surface area contributed by atoms with Crippen LogP contribution in [-0.2, 0) is 14.6 Å². The zero-order valence-corrected chi connectivity index (χ0v) is 11.3. The number of carbonyl (C=O) groups is 1. The molecule has 1 amide bonds. The second kappa shape index (κ2) is 3.32. The lowest BCUT2D eigenvalue weighted by molar-refractivity contribution is -0.120. The molecular formula is C11H10BrNO3S. The number of para-hydroxylation sites is 1. The maximum absolute atomic E-state index is 12.5. The number of rotatable bonds is 0. The van der Waals surface area contributed by atoms with Crippen LogP contribution < -0.4 is 5.32 Å². The number of fused-ring (bicyclic) bond motifs is 1. The Labute approximate surface area is 107 Å². The van der Waals surface area contributed by atoms with Gasteiger partial charge in [-0.2, -0.15) is 0 Å². The third-order valence-corrected chi connectivity index (χ3v) is 6.80. The molecule has 17 heavy (non-hydrogen) atoms. The summed E-state index contributed by atoms with van der Waals surface area (Å²) in [5, 5.41) is 2.71. The van der Waals surface area contributed by atoms with E-state index < -0.39 is 14.6 Å². The van der Waals surface area contributed by atoms with Crippen molar-refractivity contribution in [2.45, 2.75) is 28.9 Å². The number of halogens is 1. The average molecular weight is 316 g/mol. The van der Waals surface area contributed by atoms with Crippen LogP contribution in [0.4, 0.5) is 5.69 Å². The predicted molar refractivity (Wildman–Crippen MR) is 66.5 cm³/mol. The summed E-state index contributed by atoms with van der Waals surface area (Å²) in [6.07, 6.45) is 1.64. The third kappa shape index (κ3) is 1.22. The van der Waals surface area contributed by atoms with Crippen molar-refractivity contribution in [3.8, 4) is 0 Å². The normalized spacial score (nSPS) is 23.7. The fraction of sp³-hybridized carbons (Fsp3) is 0.364. The molecule has 1 fully saturated rings. The fourth-order valence-electron chi connectivity index (χ4n) is 2.40. The number of amides is 1. The Morgan fingerprint density at radius 2 is 2.00 bits per heavy atom. The van der Waals surface area contributed by atoms with Gasteiger partial charge in [-0.05, 0) is 47.3 Å². The molecule has 6 heteroatoms. The van der Waals surface area contributed by atoms with Gasteiger partial charge in [0, 0.05) is 4.47 Å². The minimum Gasteiger partial charge on any atom is -0.323 e. The molecule has 4 nitrogen and oxygen atoms in total. The van der Waals surface area contributed by atoms with Crippen molar-refractivity contribution in [2.24, 2.45) is 0 Å². The van der Waals surface area contributed by atoms with E-state index in [1.165, 1.54) is 0 Å². The summed E-state index contributed by atoms with van der Waals surface area (Å²) in [6, 6.07) is 4.94. The Morgan fingerprint density at radius 3 is 2.59 bits per heavy atom. The maximum atomic E-state index is 12.5.